The van der Waals surface area contributed by atoms with Crippen molar-refractivity contribution < 1.29 is 19.4 Å². The summed E-state index contributed by atoms with van der Waals surface area (Å²) >= 11 is 1.44. The number of amides is 2. The molecule has 1 heterocycles. The van der Waals surface area contributed by atoms with E-state index in [0.29, 0.717) is 13.2 Å². The predicted molar refractivity (Wildman–Crippen MR) is 91.2 cm³/mol. The second-order valence-corrected chi connectivity index (χ2v) is 6.11. The Kier molecular flexibility index (Phi) is 6.56. The molecule has 0 radical (unpaired) electrons. The molecule has 1 aromatic heterocycles. The third-order valence-corrected chi connectivity index (χ3v) is 4.08. The Morgan fingerprint density at radius 1 is 1.25 bits per heavy atom. The summed E-state index contributed by atoms with van der Waals surface area (Å²) in [6.45, 7) is 2.87. The number of carboxylic acid groups (broad SMARTS) is 1. The second-order valence-electron chi connectivity index (χ2n) is 5.00. The number of hydrogen-bond acceptors (Lipinski definition) is 5. The molecule has 0 saturated carbocycles. The van der Waals surface area contributed by atoms with Crippen molar-refractivity contribution in [3.05, 3.63) is 35.3 Å². The molecule has 0 aliphatic rings. The highest BCUT2D eigenvalue weighted by Crippen LogP contribution is 2.26. The Labute approximate surface area is 143 Å². The van der Waals surface area contributed by atoms with E-state index in [1.54, 1.807) is 6.20 Å². The highest BCUT2D eigenvalue weighted by Gasteiger charge is 2.06. The van der Waals surface area contributed by atoms with Crippen LogP contribution in [0.1, 0.15) is 18.2 Å². The van der Waals surface area contributed by atoms with E-state index in [1.165, 1.54) is 18.3 Å². The summed E-state index contributed by atoms with van der Waals surface area (Å²) in [6.07, 6.45) is 1.36. The van der Waals surface area contributed by atoms with Crippen LogP contribution in [0.25, 0.3) is 10.6 Å². The van der Waals surface area contributed by atoms with Gasteiger partial charge in [-0.2, -0.15) is 0 Å². The van der Waals surface area contributed by atoms with Crippen molar-refractivity contribution in [3.8, 4) is 16.3 Å². The minimum absolute atomic E-state index is 0.0410. The van der Waals surface area contributed by atoms with Gasteiger partial charge in [0.2, 0.25) is 5.91 Å². The fourth-order valence-electron chi connectivity index (χ4n) is 1.91. The molecule has 24 heavy (non-hydrogen) atoms. The van der Waals surface area contributed by atoms with Crippen LogP contribution in [-0.4, -0.2) is 35.2 Å². The van der Waals surface area contributed by atoms with E-state index < -0.39 is 6.09 Å². The van der Waals surface area contributed by atoms with Crippen LogP contribution in [0.15, 0.2) is 30.5 Å². The molecule has 2 amide bonds. The lowest BCUT2D eigenvalue weighted by atomic mass is 10.2. The fourth-order valence-corrected chi connectivity index (χ4v) is 2.76. The van der Waals surface area contributed by atoms with E-state index in [2.05, 4.69) is 15.6 Å². The number of aromatic nitrogens is 1. The van der Waals surface area contributed by atoms with Gasteiger partial charge in [0, 0.05) is 30.1 Å². The number of carbonyl (C=O) groups excluding carboxylic acids is 1. The maximum atomic E-state index is 10.7. The highest BCUT2D eigenvalue weighted by atomic mass is 32.1. The fraction of sp³-hybridized carbons (Fsp3) is 0.312. The summed E-state index contributed by atoms with van der Waals surface area (Å²) in [5.74, 6) is 0.714. The molecule has 0 fully saturated rings. The molecule has 8 heteroatoms. The molecule has 3 N–H and O–H groups in total. The van der Waals surface area contributed by atoms with Crippen LogP contribution in [0.3, 0.4) is 0 Å². The van der Waals surface area contributed by atoms with Crippen LogP contribution >= 0.6 is 11.3 Å². The van der Waals surface area contributed by atoms with Crippen molar-refractivity contribution >= 4 is 23.3 Å². The first-order valence-corrected chi connectivity index (χ1v) is 8.25. The largest absolute Gasteiger partial charge is 0.494 e. The summed E-state index contributed by atoms with van der Waals surface area (Å²) < 4.78 is 5.61. The zero-order valence-corrected chi connectivity index (χ0v) is 14.1. The SMILES string of the molecule is CC(=O)NCCCOc1ccc(-c2ncc(CNC(=O)O)s2)cc1. The average molecular weight is 349 g/mol. The molecule has 0 saturated heterocycles. The van der Waals surface area contributed by atoms with Gasteiger partial charge in [0.25, 0.3) is 0 Å². The zero-order chi connectivity index (χ0) is 17.4. The number of carbonyl (C=O) groups is 2. The molecule has 0 aliphatic carbocycles. The summed E-state index contributed by atoms with van der Waals surface area (Å²) in [6, 6.07) is 7.56. The predicted octanol–water partition coefficient (Wildman–Crippen LogP) is 2.48. The van der Waals surface area contributed by atoms with Gasteiger partial charge in [-0.1, -0.05) is 0 Å². The van der Waals surface area contributed by atoms with Crippen molar-refractivity contribution in [2.75, 3.05) is 13.2 Å². The number of rotatable bonds is 8. The minimum atomic E-state index is -1.05. The lowest BCUT2D eigenvalue weighted by Gasteiger charge is -2.07. The van der Waals surface area contributed by atoms with Crippen molar-refractivity contribution in [1.29, 1.82) is 0 Å². The molecule has 128 valence electrons. The lowest BCUT2D eigenvalue weighted by molar-refractivity contribution is -0.118. The van der Waals surface area contributed by atoms with Crippen LogP contribution < -0.4 is 15.4 Å². The Morgan fingerprint density at radius 2 is 2.00 bits per heavy atom. The molecule has 0 unspecified atom stereocenters. The van der Waals surface area contributed by atoms with Crippen LogP contribution in [-0.2, 0) is 11.3 Å². The molecule has 0 aliphatic heterocycles. The minimum Gasteiger partial charge on any atom is -0.494 e. The molecule has 2 rings (SSSR count). The normalized spacial score (nSPS) is 10.2. The Bertz CT molecular complexity index is 685. The zero-order valence-electron chi connectivity index (χ0n) is 13.2. The lowest BCUT2D eigenvalue weighted by Crippen LogP contribution is -2.22. The first kappa shape index (κ1) is 17.7. The summed E-state index contributed by atoms with van der Waals surface area (Å²) in [7, 11) is 0. The Morgan fingerprint density at radius 3 is 2.67 bits per heavy atom. The van der Waals surface area contributed by atoms with Gasteiger partial charge in [0.1, 0.15) is 10.8 Å². The van der Waals surface area contributed by atoms with Crippen LogP contribution in [0.2, 0.25) is 0 Å². The third-order valence-electron chi connectivity index (χ3n) is 3.03. The maximum Gasteiger partial charge on any atom is 0.404 e. The number of nitrogens with zero attached hydrogens (tertiary/aromatic N) is 1. The summed E-state index contributed by atoms with van der Waals surface area (Å²) in [5, 5.41) is 14.5. The van der Waals surface area contributed by atoms with E-state index in [9.17, 15) is 9.59 Å². The molecular weight excluding hydrogens is 330 g/mol. The van der Waals surface area contributed by atoms with Crippen LogP contribution in [0.4, 0.5) is 4.79 Å². The van der Waals surface area contributed by atoms with E-state index in [1.807, 2.05) is 24.3 Å². The first-order chi connectivity index (χ1) is 11.5. The Hall–Kier alpha value is -2.61. The molecule has 7 nitrogen and oxygen atoms in total. The standard InChI is InChI=1S/C16H19N3O4S/c1-11(20)17-7-2-8-23-13-5-3-12(4-6-13)15-18-9-14(24-15)10-19-16(21)22/h3-6,9,19H,2,7-8,10H2,1H3,(H,17,20)(H,21,22). The number of hydrogen-bond donors (Lipinski definition) is 3. The van der Waals surface area contributed by atoms with Crippen LogP contribution in [0.5, 0.6) is 5.75 Å². The van der Waals surface area contributed by atoms with Crippen molar-refractivity contribution in [2.45, 2.75) is 19.9 Å². The number of benzene rings is 1. The van der Waals surface area contributed by atoms with E-state index in [-0.39, 0.29) is 12.5 Å². The molecule has 0 atom stereocenters. The van der Waals surface area contributed by atoms with Gasteiger partial charge in [-0.3, -0.25) is 4.79 Å². The number of nitrogens with one attached hydrogen (secondary N) is 2. The van der Waals surface area contributed by atoms with Crippen molar-refractivity contribution in [1.82, 2.24) is 15.6 Å². The van der Waals surface area contributed by atoms with Gasteiger partial charge in [0.05, 0.1) is 13.2 Å². The topological polar surface area (TPSA) is 101 Å². The van der Waals surface area contributed by atoms with Gasteiger partial charge < -0.3 is 20.5 Å². The smallest absolute Gasteiger partial charge is 0.404 e. The van der Waals surface area contributed by atoms with E-state index >= 15 is 0 Å². The molecule has 2 aromatic rings. The van der Waals surface area contributed by atoms with Crippen LogP contribution in [0, 0.1) is 0 Å². The third kappa shape index (κ3) is 5.88. The first-order valence-electron chi connectivity index (χ1n) is 7.44. The summed E-state index contributed by atoms with van der Waals surface area (Å²) in [4.78, 5) is 26.4. The van der Waals surface area contributed by atoms with Gasteiger partial charge >= 0.3 is 6.09 Å². The van der Waals surface area contributed by atoms with Crippen molar-refractivity contribution in [3.63, 3.8) is 0 Å². The highest BCUT2D eigenvalue weighted by molar-refractivity contribution is 7.15. The average Bonchev–Trinajstić information content (AvgIpc) is 3.02. The van der Waals surface area contributed by atoms with E-state index in [4.69, 9.17) is 9.84 Å². The second kappa shape index (κ2) is 8.88. The molecule has 1 aromatic carbocycles. The summed E-state index contributed by atoms with van der Waals surface area (Å²) in [5.41, 5.74) is 0.951. The Balaban J connectivity index is 1.83. The number of thiazole rings is 1. The maximum absolute atomic E-state index is 10.7. The monoisotopic (exact) mass is 349 g/mol. The van der Waals surface area contributed by atoms with Gasteiger partial charge in [-0.15, -0.1) is 11.3 Å². The van der Waals surface area contributed by atoms with Gasteiger partial charge in [0.15, 0.2) is 0 Å². The van der Waals surface area contributed by atoms with Gasteiger partial charge in [-0.25, -0.2) is 9.78 Å². The molecular formula is C16H19N3O4S. The quantitative estimate of drug-likeness (QED) is 0.636. The van der Waals surface area contributed by atoms with Crippen molar-refractivity contribution in [2.24, 2.45) is 0 Å². The van der Waals surface area contributed by atoms with E-state index in [0.717, 1.165) is 27.6 Å². The molecule has 0 bridgehead atoms. The molecule has 0 spiro atoms. The van der Waals surface area contributed by atoms with Gasteiger partial charge in [-0.05, 0) is 30.7 Å². The number of ether oxygens (including phenoxy) is 1.